The lowest BCUT2D eigenvalue weighted by molar-refractivity contribution is -0.113. The highest BCUT2D eigenvalue weighted by Gasteiger charge is 2.13. The minimum absolute atomic E-state index is 0.200. The molecule has 2 rings (SSSR count). The van der Waals surface area contributed by atoms with E-state index in [9.17, 15) is 9.59 Å². The summed E-state index contributed by atoms with van der Waals surface area (Å²) in [6, 6.07) is 3.41. The summed E-state index contributed by atoms with van der Waals surface area (Å²) >= 11 is 2.58. The number of nitrogens with one attached hydrogen (secondary N) is 1. The van der Waals surface area contributed by atoms with Gasteiger partial charge in [0.25, 0.3) is 5.91 Å². The Bertz CT molecular complexity index is 664. The number of carbonyl (C=O) groups excluding carboxylic acids is 2. The molecule has 2 heterocycles. The molecule has 8 heteroatoms. The van der Waals surface area contributed by atoms with Crippen molar-refractivity contribution in [1.82, 2.24) is 9.97 Å². The molecule has 0 radical (unpaired) electrons. The quantitative estimate of drug-likeness (QED) is 0.648. The number of thioether (sulfide) groups is 1. The molecule has 0 aliphatic heterocycles. The summed E-state index contributed by atoms with van der Waals surface area (Å²) in [4.78, 5) is 31.5. The lowest BCUT2D eigenvalue weighted by Crippen LogP contribution is -2.17. The fraction of sp³-hybridized carbons (Fsp3) is 0.231. The zero-order valence-corrected chi connectivity index (χ0v) is 13.2. The lowest BCUT2D eigenvalue weighted by atomic mass is 10.3. The number of carbonyl (C=O) groups is 2. The van der Waals surface area contributed by atoms with Crippen molar-refractivity contribution in [3.8, 4) is 0 Å². The number of nitrogens with two attached hydrogens (primary N) is 1. The minimum atomic E-state index is -0.554. The van der Waals surface area contributed by atoms with E-state index in [1.54, 1.807) is 11.4 Å². The van der Waals surface area contributed by atoms with Gasteiger partial charge in [-0.1, -0.05) is 11.8 Å². The van der Waals surface area contributed by atoms with Crippen LogP contribution in [-0.4, -0.2) is 27.5 Å². The average Bonchev–Trinajstić information content (AvgIpc) is 2.83. The van der Waals surface area contributed by atoms with Gasteiger partial charge in [-0.15, -0.1) is 11.3 Å². The molecule has 2 amide bonds. The molecule has 0 bridgehead atoms. The summed E-state index contributed by atoms with van der Waals surface area (Å²) in [7, 11) is 0. The summed E-state index contributed by atoms with van der Waals surface area (Å²) in [5, 5.41) is 5.62. The molecular weight excluding hydrogens is 308 g/mol. The van der Waals surface area contributed by atoms with Crippen molar-refractivity contribution >= 4 is 39.9 Å². The summed E-state index contributed by atoms with van der Waals surface area (Å²) in [5.41, 5.74) is 6.41. The topological polar surface area (TPSA) is 98.0 Å². The van der Waals surface area contributed by atoms with Gasteiger partial charge in [-0.25, -0.2) is 9.97 Å². The number of hydrogen-bond donors (Lipinski definition) is 2. The van der Waals surface area contributed by atoms with E-state index in [2.05, 4.69) is 15.3 Å². The molecule has 0 atom stereocenters. The zero-order chi connectivity index (χ0) is 15.4. The second-order valence-corrected chi connectivity index (χ2v) is 6.17. The number of primary amides is 1. The first kappa shape index (κ1) is 15.5. The van der Waals surface area contributed by atoms with E-state index in [0.29, 0.717) is 16.4 Å². The molecule has 0 aliphatic carbocycles. The summed E-state index contributed by atoms with van der Waals surface area (Å²) < 4.78 is 0. The second kappa shape index (κ2) is 6.68. The van der Waals surface area contributed by atoms with E-state index in [1.165, 1.54) is 23.1 Å². The summed E-state index contributed by atoms with van der Waals surface area (Å²) in [5.74, 6) is 0.110. The first-order valence-electron chi connectivity index (χ1n) is 6.08. The Morgan fingerprint density at radius 3 is 2.81 bits per heavy atom. The third kappa shape index (κ3) is 4.27. The molecule has 0 unspecified atom stereocenters. The van der Waals surface area contributed by atoms with Gasteiger partial charge in [-0.05, 0) is 31.4 Å². The molecule has 6 nitrogen and oxygen atoms in total. The molecule has 3 N–H and O–H groups in total. The number of thiophene rings is 1. The zero-order valence-electron chi connectivity index (χ0n) is 11.5. The Balaban J connectivity index is 1.96. The molecule has 21 heavy (non-hydrogen) atoms. The maximum absolute atomic E-state index is 11.9. The van der Waals surface area contributed by atoms with Gasteiger partial charge in [-0.3, -0.25) is 9.59 Å². The Labute approximate surface area is 130 Å². The van der Waals surface area contributed by atoms with Crippen LogP contribution in [0, 0.1) is 13.8 Å². The number of nitrogens with zero attached hydrogens (tertiary/aromatic N) is 2. The molecule has 2 aromatic rings. The van der Waals surface area contributed by atoms with E-state index < -0.39 is 5.91 Å². The van der Waals surface area contributed by atoms with Gasteiger partial charge in [0.05, 0.1) is 11.3 Å². The number of aromatic nitrogens is 2. The van der Waals surface area contributed by atoms with Crippen LogP contribution in [0.5, 0.6) is 0 Å². The monoisotopic (exact) mass is 322 g/mol. The maximum Gasteiger partial charge on any atom is 0.251 e. The van der Waals surface area contributed by atoms with E-state index in [4.69, 9.17) is 5.73 Å². The summed E-state index contributed by atoms with van der Waals surface area (Å²) in [6.45, 7) is 3.69. The fourth-order valence-corrected chi connectivity index (χ4v) is 3.27. The molecule has 0 aliphatic rings. The van der Waals surface area contributed by atoms with Crippen molar-refractivity contribution in [3.63, 3.8) is 0 Å². The number of rotatable bonds is 5. The van der Waals surface area contributed by atoms with Crippen molar-refractivity contribution in [3.05, 3.63) is 34.6 Å². The van der Waals surface area contributed by atoms with E-state index in [-0.39, 0.29) is 11.7 Å². The van der Waals surface area contributed by atoms with Crippen LogP contribution in [0.15, 0.2) is 22.5 Å². The molecular formula is C13H14N4O2S2. The first-order chi connectivity index (χ1) is 9.95. The van der Waals surface area contributed by atoms with Crippen LogP contribution in [0.25, 0.3) is 0 Å². The third-order valence-electron chi connectivity index (χ3n) is 2.48. The van der Waals surface area contributed by atoms with Crippen LogP contribution < -0.4 is 11.1 Å². The SMILES string of the molecule is Cc1cc(SCC(=O)Nc2sccc2C(N)=O)nc(C)n1. The van der Waals surface area contributed by atoms with Gasteiger partial charge in [0.15, 0.2) is 0 Å². The predicted octanol–water partition coefficient (Wildman–Crippen LogP) is 1.98. The number of anilines is 1. The van der Waals surface area contributed by atoms with Crippen LogP contribution in [0.4, 0.5) is 5.00 Å². The number of amides is 2. The third-order valence-corrected chi connectivity index (χ3v) is 4.22. The van der Waals surface area contributed by atoms with Crippen LogP contribution >= 0.6 is 23.1 Å². The highest BCUT2D eigenvalue weighted by molar-refractivity contribution is 7.99. The molecule has 2 aromatic heterocycles. The number of aryl methyl sites for hydroxylation is 2. The van der Waals surface area contributed by atoms with E-state index in [1.807, 2.05) is 19.9 Å². The van der Waals surface area contributed by atoms with Gasteiger partial charge in [0.2, 0.25) is 5.91 Å². The second-order valence-electron chi connectivity index (χ2n) is 4.26. The highest BCUT2D eigenvalue weighted by Crippen LogP contribution is 2.23. The predicted molar refractivity (Wildman–Crippen MR) is 83.7 cm³/mol. The maximum atomic E-state index is 11.9. The van der Waals surface area contributed by atoms with E-state index >= 15 is 0 Å². The Hall–Kier alpha value is -1.93. The standard InChI is InChI=1S/C13H14N4O2S2/c1-7-5-11(16-8(2)15-7)21-6-10(18)17-13-9(12(14)19)3-4-20-13/h3-5H,6H2,1-2H3,(H2,14,19)(H,17,18). The molecule has 0 spiro atoms. The van der Waals surface area contributed by atoms with Gasteiger partial charge in [-0.2, -0.15) is 0 Å². The van der Waals surface area contributed by atoms with Crippen LogP contribution in [0.2, 0.25) is 0 Å². The van der Waals surface area contributed by atoms with Crippen molar-refractivity contribution in [1.29, 1.82) is 0 Å². The van der Waals surface area contributed by atoms with Gasteiger partial charge in [0, 0.05) is 5.69 Å². The Kier molecular flexibility index (Phi) is 4.92. The minimum Gasteiger partial charge on any atom is -0.366 e. The summed E-state index contributed by atoms with van der Waals surface area (Å²) in [6.07, 6.45) is 0. The Morgan fingerprint density at radius 2 is 2.14 bits per heavy atom. The molecule has 0 saturated heterocycles. The van der Waals surface area contributed by atoms with Crippen LogP contribution in [0.3, 0.4) is 0 Å². The normalized spacial score (nSPS) is 10.4. The first-order valence-corrected chi connectivity index (χ1v) is 7.94. The van der Waals surface area contributed by atoms with Crippen molar-refractivity contribution in [2.24, 2.45) is 5.73 Å². The largest absolute Gasteiger partial charge is 0.366 e. The van der Waals surface area contributed by atoms with Crippen molar-refractivity contribution in [2.75, 3.05) is 11.1 Å². The number of hydrogen-bond acceptors (Lipinski definition) is 6. The molecule has 110 valence electrons. The van der Waals surface area contributed by atoms with Gasteiger partial charge in [0.1, 0.15) is 15.9 Å². The molecule has 0 aromatic carbocycles. The van der Waals surface area contributed by atoms with Crippen molar-refractivity contribution in [2.45, 2.75) is 18.9 Å². The lowest BCUT2D eigenvalue weighted by Gasteiger charge is -2.05. The Morgan fingerprint density at radius 1 is 1.38 bits per heavy atom. The van der Waals surface area contributed by atoms with Crippen LogP contribution in [0.1, 0.15) is 21.9 Å². The van der Waals surface area contributed by atoms with Crippen molar-refractivity contribution < 1.29 is 9.59 Å². The average molecular weight is 322 g/mol. The van der Waals surface area contributed by atoms with Gasteiger partial charge < -0.3 is 11.1 Å². The van der Waals surface area contributed by atoms with E-state index in [0.717, 1.165) is 10.7 Å². The molecule has 0 saturated carbocycles. The molecule has 0 fully saturated rings. The van der Waals surface area contributed by atoms with Crippen LogP contribution in [-0.2, 0) is 4.79 Å². The fourth-order valence-electron chi connectivity index (χ4n) is 1.66. The van der Waals surface area contributed by atoms with Gasteiger partial charge >= 0.3 is 0 Å². The smallest absolute Gasteiger partial charge is 0.251 e. The highest BCUT2D eigenvalue weighted by atomic mass is 32.2.